The number of amides is 3. The molecule has 1 atom stereocenters. The lowest BCUT2D eigenvalue weighted by Crippen LogP contribution is -2.40. The van der Waals surface area contributed by atoms with Gasteiger partial charge in [0.15, 0.2) is 0 Å². The normalized spacial score (nSPS) is 17.6. The van der Waals surface area contributed by atoms with Crippen molar-refractivity contribution >= 4 is 35.2 Å². The average Bonchev–Trinajstić information content (AvgIpc) is 3.25. The standard InChI is InChI=1S/C23H23N3O5/c1-30-16-8-5-14(20(13-16)31-2)6-10-21(27)24-15-7-9-18-17(12-15)23(29)26-11-3-4-19(26)22(28)25-18/h5-10,12-13,19H,3-4,11H2,1-2H3,(H,24,27)(H,25,28)/b10-6+/t19-/m0/s1. The minimum atomic E-state index is -0.430. The molecule has 2 heterocycles. The van der Waals surface area contributed by atoms with E-state index in [9.17, 15) is 14.4 Å². The van der Waals surface area contributed by atoms with Gasteiger partial charge < -0.3 is 25.0 Å². The Morgan fingerprint density at radius 1 is 1.16 bits per heavy atom. The zero-order valence-corrected chi connectivity index (χ0v) is 17.3. The van der Waals surface area contributed by atoms with Gasteiger partial charge in [-0.05, 0) is 49.2 Å². The first kappa shape index (κ1) is 20.5. The molecule has 0 bridgehead atoms. The minimum absolute atomic E-state index is 0.169. The van der Waals surface area contributed by atoms with Crippen LogP contribution in [0.3, 0.4) is 0 Å². The third kappa shape index (κ3) is 4.09. The van der Waals surface area contributed by atoms with Crippen molar-refractivity contribution in [3.63, 3.8) is 0 Å². The molecule has 0 aliphatic carbocycles. The highest BCUT2D eigenvalue weighted by atomic mass is 16.5. The molecule has 0 unspecified atom stereocenters. The van der Waals surface area contributed by atoms with Gasteiger partial charge in [0.25, 0.3) is 5.91 Å². The summed E-state index contributed by atoms with van der Waals surface area (Å²) >= 11 is 0. The van der Waals surface area contributed by atoms with Crippen molar-refractivity contribution in [1.29, 1.82) is 0 Å². The molecular weight excluding hydrogens is 398 g/mol. The van der Waals surface area contributed by atoms with E-state index in [0.717, 1.165) is 12.0 Å². The van der Waals surface area contributed by atoms with E-state index in [2.05, 4.69) is 10.6 Å². The summed E-state index contributed by atoms with van der Waals surface area (Å²) in [5.74, 6) is 0.501. The molecule has 0 spiro atoms. The van der Waals surface area contributed by atoms with Gasteiger partial charge in [0.05, 0.1) is 25.5 Å². The molecule has 4 rings (SSSR count). The number of benzene rings is 2. The van der Waals surface area contributed by atoms with Crippen LogP contribution in [0.15, 0.2) is 42.5 Å². The zero-order chi connectivity index (χ0) is 22.0. The molecule has 8 heteroatoms. The fourth-order valence-electron chi connectivity index (χ4n) is 3.87. The van der Waals surface area contributed by atoms with Gasteiger partial charge >= 0.3 is 0 Å². The predicted octanol–water partition coefficient (Wildman–Crippen LogP) is 2.91. The van der Waals surface area contributed by atoms with Crippen molar-refractivity contribution in [2.45, 2.75) is 18.9 Å². The Morgan fingerprint density at radius 2 is 2.00 bits per heavy atom. The first-order valence-corrected chi connectivity index (χ1v) is 9.97. The summed E-state index contributed by atoms with van der Waals surface area (Å²) < 4.78 is 10.5. The Balaban J connectivity index is 1.51. The number of hydrogen-bond acceptors (Lipinski definition) is 5. The molecule has 0 aromatic heterocycles. The van der Waals surface area contributed by atoms with Crippen LogP contribution in [0.5, 0.6) is 11.5 Å². The van der Waals surface area contributed by atoms with Gasteiger partial charge in [-0.3, -0.25) is 14.4 Å². The molecule has 2 aromatic rings. The Kier molecular flexibility index (Phi) is 5.62. The number of carbonyl (C=O) groups excluding carboxylic acids is 3. The number of ether oxygens (including phenoxy) is 2. The molecule has 1 fully saturated rings. The van der Waals surface area contributed by atoms with E-state index in [4.69, 9.17) is 9.47 Å². The van der Waals surface area contributed by atoms with Crippen molar-refractivity contribution in [1.82, 2.24) is 4.90 Å². The number of nitrogens with one attached hydrogen (secondary N) is 2. The van der Waals surface area contributed by atoms with E-state index in [1.165, 1.54) is 6.08 Å². The van der Waals surface area contributed by atoms with Crippen molar-refractivity contribution < 1.29 is 23.9 Å². The number of fused-ring (bicyclic) bond motifs is 2. The van der Waals surface area contributed by atoms with E-state index >= 15 is 0 Å². The molecule has 0 radical (unpaired) electrons. The third-order valence-electron chi connectivity index (χ3n) is 5.45. The summed E-state index contributed by atoms with van der Waals surface area (Å²) in [5, 5.41) is 5.58. The summed E-state index contributed by atoms with van der Waals surface area (Å²) in [4.78, 5) is 39.3. The Bertz CT molecular complexity index is 1080. The van der Waals surface area contributed by atoms with Gasteiger partial charge in [-0.1, -0.05) is 0 Å². The molecule has 1 saturated heterocycles. The van der Waals surface area contributed by atoms with Crippen molar-refractivity contribution in [2.75, 3.05) is 31.4 Å². The minimum Gasteiger partial charge on any atom is -0.497 e. The summed E-state index contributed by atoms with van der Waals surface area (Å²) in [7, 11) is 3.11. The molecule has 2 N–H and O–H groups in total. The van der Waals surface area contributed by atoms with Crippen molar-refractivity contribution in [3.8, 4) is 11.5 Å². The van der Waals surface area contributed by atoms with E-state index in [1.54, 1.807) is 61.6 Å². The van der Waals surface area contributed by atoms with Crippen LogP contribution in [0.4, 0.5) is 11.4 Å². The topological polar surface area (TPSA) is 97.0 Å². The Hall–Kier alpha value is -3.81. The number of nitrogens with zero attached hydrogens (tertiary/aromatic N) is 1. The average molecular weight is 421 g/mol. The number of hydrogen-bond donors (Lipinski definition) is 2. The lowest BCUT2D eigenvalue weighted by atomic mass is 10.1. The highest BCUT2D eigenvalue weighted by molar-refractivity contribution is 6.11. The highest BCUT2D eigenvalue weighted by Crippen LogP contribution is 2.30. The highest BCUT2D eigenvalue weighted by Gasteiger charge is 2.38. The second-order valence-electron chi connectivity index (χ2n) is 7.34. The van der Waals surface area contributed by atoms with Gasteiger partial charge in [-0.2, -0.15) is 0 Å². The molecular formula is C23H23N3O5. The van der Waals surface area contributed by atoms with Crippen LogP contribution in [0.2, 0.25) is 0 Å². The molecule has 31 heavy (non-hydrogen) atoms. The largest absolute Gasteiger partial charge is 0.497 e. The van der Waals surface area contributed by atoms with Crippen LogP contribution in [0.1, 0.15) is 28.8 Å². The van der Waals surface area contributed by atoms with E-state index in [-0.39, 0.29) is 17.7 Å². The van der Waals surface area contributed by atoms with Crippen LogP contribution >= 0.6 is 0 Å². The summed E-state index contributed by atoms with van der Waals surface area (Å²) in [6, 6.07) is 9.76. The van der Waals surface area contributed by atoms with E-state index in [0.29, 0.717) is 41.4 Å². The van der Waals surface area contributed by atoms with E-state index < -0.39 is 6.04 Å². The quantitative estimate of drug-likeness (QED) is 0.724. The number of carbonyl (C=O) groups is 3. The summed E-state index contributed by atoms with van der Waals surface area (Å²) in [6.45, 7) is 0.555. The summed E-state index contributed by atoms with van der Waals surface area (Å²) in [6.07, 6.45) is 4.48. The molecule has 8 nitrogen and oxygen atoms in total. The van der Waals surface area contributed by atoms with Crippen LogP contribution in [0, 0.1) is 0 Å². The zero-order valence-electron chi connectivity index (χ0n) is 17.3. The fraction of sp³-hybridized carbons (Fsp3) is 0.261. The maximum atomic E-state index is 12.9. The number of anilines is 2. The van der Waals surface area contributed by atoms with Gasteiger partial charge in [-0.15, -0.1) is 0 Å². The smallest absolute Gasteiger partial charge is 0.256 e. The maximum absolute atomic E-state index is 12.9. The van der Waals surface area contributed by atoms with Crippen LogP contribution in [-0.4, -0.2) is 49.4 Å². The van der Waals surface area contributed by atoms with Gasteiger partial charge in [-0.25, -0.2) is 0 Å². The third-order valence-corrected chi connectivity index (χ3v) is 5.45. The fourth-order valence-corrected chi connectivity index (χ4v) is 3.87. The predicted molar refractivity (Wildman–Crippen MR) is 116 cm³/mol. The van der Waals surface area contributed by atoms with Crippen LogP contribution in [-0.2, 0) is 9.59 Å². The first-order chi connectivity index (χ1) is 15.0. The van der Waals surface area contributed by atoms with Crippen molar-refractivity contribution in [3.05, 3.63) is 53.6 Å². The monoisotopic (exact) mass is 421 g/mol. The lowest BCUT2D eigenvalue weighted by Gasteiger charge is -2.20. The molecule has 3 amide bonds. The summed E-state index contributed by atoms with van der Waals surface area (Å²) in [5.41, 5.74) is 2.02. The lowest BCUT2D eigenvalue weighted by molar-refractivity contribution is -0.119. The first-order valence-electron chi connectivity index (χ1n) is 9.97. The van der Waals surface area contributed by atoms with Crippen LogP contribution in [0.25, 0.3) is 6.08 Å². The SMILES string of the molecule is COc1ccc(/C=C/C(=O)Nc2ccc3c(c2)C(=O)N2CCC[C@H]2C(=O)N3)c(OC)c1. The molecule has 0 saturated carbocycles. The number of rotatable bonds is 5. The number of methoxy groups -OCH3 is 2. The second kappa shape index (κ2) is 8.51. The Labute approximate surface area is 179 Å². The molecule has 2 aromatic carbocycles. The maximum Gasteiger partial charge on any atom is 0.256 e. The van der Waals surface area contributed by atoms with Gasteiger partial charge in [0, 0.05) is 29.9 Å². The molecule has 160 valence electrons. The van der Waals surface area contributed by atoms with Gasteiger partial charge in [0.2, 0.25) is 11.8 Å². The second-order valence-corrected chi connectivity index (χ2v) is 7.34. The van der Waals surface area contributed by atoms with Gasteiger partial charge in [0.1, 0.15) is 17.5 Å². The Morgan fingerprint density at radius 3 is 2.77 bits per heavy atom. The molecule has 2 aliphatic heterocycles. The van der Waals surface area contributed by atoms with Crippen molar-refractivity contribution in [2.24, 2.45) is 0 Å². The van der Waals surface area contributed by atoms with E-state index in [1.807, 2.05) is 0 Å². The molecule has 2 aliphatic rings. The van der Waals surface area contributed by atoms with Crippen LogP contribution < -0.4 is 20.1 Å².